The van der Waals surface area contributed by atoms with E-state index in [1.54, 1.807) is 12.1 Å². The molecule has 0 spiro atoms. The summed E-state index contributed by atoms with van der Waals surface area (Å²) in [6, 6.07) is 8.60. The number of ether oxygens (including phenoxy) is 1. The van der Waals surface area contributed by atoms with Gasteiger partial charge in [0.25, 0.3) is 6.43 Å². The summed E-state index contributed by atoms with van der Waals surface area (Å²) in [6.07, 6.45) is 0.475. The van der Waals surface area contributed by atoms with Crippen molar-refractivity contribution in [2.75, 3.05) is 37.7 Å². The van der Waals surface area contributed by atoms with Crippen LogP contribution in [0.1, 0.15) is 56.7 Å². The van der Waals surface area contributed by atoms with Crippen molar-refractivity contribution in [3.05, 3.63) is 47.4 Å². The van der Waals surface area contributed by atoms with Gasteiger partial charge in [0, 0.05) is 43.7 Å². The van der Waals surface area contributed by atoms with Gasteiger partial charge >= 0.3 is 6.01 Å². The topological polar surface area (TPSA) is 86.6 Å². The molecule has 8 rings (SSSR count). The van der Waals surface area contributed by atoms with Crippen molar-refractivity contribution in [1.29, 1.82) is 0 Å². The lowest BCUT2D eigenvalue weighted by Crippen LogP contribution is -2.51. The van der Waals surface area contributed by atoms with Gasteiger partial charge < -0.3 is 20.1 Å². The van der Waals surface area contributed by atoms with Gasteiger partial charge in [-0.3, -0.25) is 4.90 Å². The summed E-state index contributed by atoms with van der Waals surface area (Å²) >= 11 is 0. The number of halogens is 4. The number of anilines is 1. The first-order valence-corrected chi connectivity index (χ1v) is 16.2. The number of nitrogens with zero attached hydrogens (tertiary/aromatic N) is 5. The van der Waals surface area contributed by atoms with Crippen molar-refractivity contribution in [2.45, 2.75) is 75.7 Å². The summed E-state index contributed by atoms with van der Waals surface area (Å²) in [5.41, 5.74) is -0.694. The van der Waals surface area contributed by atoms with Gasteiger partial charge in [0.2, 0.25) is 0 Å². The number of nitrogens with one attached hydrogen (secondary N) is 1. The molecule has 0 saturated carbocycles. The molecule has 4 atom stereocenters. The molecule has 4 saturated heterocycles. The van der Waals surface area contributed by atoms with Crippen LogP contribution in [0.5, 0.6) is 11.8 Å². The summed E-state index contributed by atoms with van der Waals surface area (Å²) in [5.74, 6) is -0.867. The van der Waals surface area contributed by atoms with Gasteiger partial charge in [-0.25, -0.2) is 22.5 Å². The Kier molecular flexibility index (Phi) is 7.20. The lowest BCUT2D eigenvalue weighted by molar-refractivity contribution is 0.107. The molecule has 12 heteroatoms. The monoisotopic (exact) mass is 636 g/mol. The van der Waals surface area contributed by atoms with E-state index in [9.17, 15) is 9.50 Å². The number of fused-ring (bicyclic) bond motifs is 5. The fourth-order valence-electron chi connectivity index (χ4n) is 8.38. The van der Waals surface area contributed by atoms with Gasteiger partial charge in [-0.15, -0.1) is 0 Å². The molecule has 4 aliphatic rings. The van der Waals surface area contributed by atoms with Crippen molar-refractivity contribution in [2.24, 2.45) is 0 Å². The molecule has 2 unspecified atom stereocenters. The molecule has 0 radical (unpaired) electrons. The van der Waals surface area contributed by atoms with E-state index in [1.807, 2.05) is 24.0 Å². The Morgan fingerprint density at radius 2 is 1.89 bits per heavy atom. The van der Waals surface area contributed by atoms with E-state index in [1.165, 1.54) is 6.07 Å². The zero-order chi connectivity index (χ0) is 31.7. The van der Waals surface area contributed by atoms with E-state index in [0.717, 1.165) is 37.8 Å². The van der Waals surface area contributed by atoms with Gasteiger partial charge in [0.05, 0.1) is 10.9 Å². The number of aromatic nitrogens is 3. The van der Waals surface area contributed by atoms with E-state index in [4.69, 9.17) is 4.74 Å². The van der Waals surface area contributed by atoms with Gasteiger partial charge in [0.1, 0.15) is 41.3 Å². The zero-order valence-electron chi connectivity index (χ0n) is 25.6. The van der Waals surface area contributed by atoms with E-state index in [0.29, 0.717) is 43.2 Å². The van der Waals surface area contributed by atoms with Crippen LogP contribution in [0, 0.1) is 5.82 Å². The molecule has 242 valence electrons. The largest absolute Gasteiger partial charge is 0.508 e. The van der Waals surface area contributed by atoms with Gasteiger partial charge in [-0.2, -0.15) is 9.97 Å². The minimum absolute atomic E-state index is 0.115. The van der Waals surface area contributed by atoms with Crippen LogP contribution < -0.4 is 15.0 Å². The second-order valence-corrected chi connectivity index (χ2v) is 13.3. The van der Waals surface area contributed by atoms with Crippen LogP contribution in [0.15, 0.2) is 30.3 Å². The molecule has 2 bridgehead atoms. The summed E-state index contributed by atoms with van der Waals surface area (Å²) in [6.45, 7) is 4.19. The van der Waals surface area contributed by atoms with Crippen molar-refractivity contribution in [3.8, 4) is 23.0 Å². The van der Waals surface area contributed by atoms with Gasteiger partial charge in [-0.1, -0.05) is 25.1 Å². The fourth-order valence-corrected chi connectivity index (χ4v) is 8.38. The molecular weight excluding hydrogens is 600 g/mol. The smallest absolute Gasteiger partial charge is 0.319 e. The number of rotatable bonds is 7. The molecule has 4 aliphatic heterocycles. The Labute approximate surface area is 263 Å². The Morgan fingerprint density at radius 3 is 2.65 bits per heavy atom. The highest BCUT2D eigenvalue weighted by molar-refractivity contribution is 6.02. The summed E-state index contributed by atoms with van der Waals surface area (Å²) in [4.78, 5) is 17.4. The molecular formula is C34H36F4N6O2. The number of phenolic OH excluding ortho intramolecular Hbond substituents is 1. The lowest BCUT2D eigenvalue weighted by atomic mass is 9.94. The first kappa shape index (κ1) is 29.6. The third-order valence-electron chi connectivity index (χ3n) is 10.4. The van der Waals surface area contributed by atoms with Crippen LogP contribution >= 0.6 is 0 Å². The van der Waals surface area contributed by atoms with Crippen LogP contribution in [0.4, 0.5) is 23.4 Å². The normalized spacial score (nSPS) is 26.1. The summed E-state index contributed by atoms with van der Waals surface area (Å²) < 4.78 is 67.7. The molecule has 2 aromatic heterocycles. The summed E-state index contributed by atoms with van der Waals surface area (Å²) in [5, 5.41) is 15.3. The number of hydrogen-bond acceptors (Lipinski definition) is 8. The number of phenols is 1. The van der Waals surface area contributed by atoms with Crippen LogP contribution in [-0.2, 0) is 6.42 Å². The number of piperazine rings is 1. The predicted octanol–water partition coefficient (Wildman–Crippen LogP) is 6.09. The van der Waals surface area contributed by atoms with Crippen LogP contribution in [0.2, 0.25) is 0 Å². The molecule has 6 heterocycles. The molecule has 4 fully saturated rings. The maximum Gasteiger partial charge on any atom is 0.319 e. The molecule has 0 aliphatic carbocycles. The molecule has 2 aromatic carbocycles. The van der Waals surface area contributed by atoms with Crippen molar-refractivity contribution in [3.63, 3.8) is 0 Å². The van der Waals surface area contributed by atoms with Gasteiger partial charge in [0.15, 0.2) is 5.82 Å². The van der Waals surface area contributed by atoms with E-state index in [-0.39, 0.29) is 58.4 Å². The molecule has 8 nitrogen and oxygen atoms in total. The van der Waals surface area contributed by atoms with E-state index >= 15 is 13.2 Å². The third-order valence-corrected chi connectivity index (χ3v) is 10.4. The molecule has 4 aromatic rings. The highest BCUT2D eigenvalue weighted by atomic mass is 19.3. The minimum atomic E-state index is -3.06. The lowest BCUT2D eigenvalue weighted by Gasteiger charge is -2.35. The highest BCUT2D eigenvalue weighted by Crippen LogP contribution is 2.43. The molecule has 2 N–H and O–H groups in total. The Morgan fingerprint density at radius 1 is 1.09 bits per heavy atom. The van der Waals surface area contributed by atoms with Crippen molar-refractivity contribution < 1.29 is 27.4 Å². The Bertz CT molecular complexity index is 1830. The van der Waals surface area contributed by atoms with Crippen LogP contribution in [-0.4, -0.2) is 81.5 Å². The first-order chi connectivity index (χ1) is 22.2. The Hall–Kier alpha value is -3.77. The summed E-state index contributed by atoms with van der Waals surface area (Å²) in [7, 11) is 0. The number of hydrogen-bond donors (Lipinski definition) is 2. The number of aryl methyl sites for hydroxylation is 1. The maximum absolute atomic E-state index is 17.0. The fraction of sp³-hybridized carbons (Fsp3) is 0.500. The molecule has 46 heavy (non-hydrogen) atoms. The van der Waals surface area contributed by atoms with E-state index in [2.05, 4.69) is 25.2 Å². The number of benzene rings is 2. The quantitative estimate of drug-likeness (QED) is 0.236. The standard InChI is InChI=1S/C34H36F4N6O2/c1-2-18-5-3-6-19-11-23(45)12-24(25(18)19)28-27(36)29-26(30(40-28)31(37)38)32(43-15-21-7-8-22(16-43)39-21)42-33(41-29)46-17-34-9-4-10-44(34)14-20(35)13-34/h3,5-6,11-12,20-22,31,39,45H,2,4,7-10,13-17H2,1H3/t20-,21?,22?,34+/m1/s1. The predicted molar refractivity (Wildman–Crippen MR) is 167 cm³/mol. The molecule has 0 amide bonds. The second kappa shape index (κ2) is 11.2. The first-order valence-electron chi connectivity index (χ1n) is 16.2. The number of alkyl halides is 3. The third kappa shape index (κ3) is 4.83. The highest BCUT2D eigenvalue weighted by Gasteiger charge is 2.49. The second-order valence-electron chi connectivity index (χ2n) is 13.3. The van der Waals surface area contributed by atoms with Crippen molar-refractivity contribution >= 4 is 27.5 Å². The average molecular weight is 637 g/mol. The Balaban J connectivity index is 1.33. The SMILES string of the molecule is CCc1cccc2cc(O)cc(-c3nc(C(F)F)c4c(N5CC6CCC(C5)N6)nc(OC[C@@]56CCCN5C[C@H](F)C6)nc4c3F)c12. The van der Waals surface area contributed by atoms with Gasteiger partial charge in [-0.05, 0) is 67.1 Å². The average Bonchev–Trinajstić information content (AvgIpc) is 3.69. The van der Waals surface area contributed by atoms with Crippen LogP contribution in [0.3, 0.4) is 0 Å². The number of aromatic hydroxyl groups is 1. The van der Waals surface area contributed by atoms with E-state index < -0.39 is 29.6 Å². The zero-order valence-corrected chi connectivity index (χ0v) is 25.6. The number of pyridine rings is 1. The van der Waals surface area contributed by atoms with Crippen LogP contribution in [0.25, 0.3) is 32.9 Å². The van der Waals surface area contributed by atoms with Crippen molar-refractivity contribution in [1.82, 2.24) is 25.2 Å². The minimum Gasteiger partial charge on any atom is -0.508 e. The maximum atomic E-state index is 17.0.